The number of rotatable bonds is 10. The van der Waals surface area contributed by atoms with Crippen LogP contribution in [0.2, 0.25) is 0 Å². The molecule has 0 aromatic heterocycles. The van der Waals surface area contributed by atoms with E-state index in [1.54, 1.807) is 14.2 Å². The molecule has 5 nitrogen and oxygen atoms in total. The highest BCUT2D eigenvalue weighted by Gasteiger charge is 2.18. The topological polar surface area (TPSA) is 50.8 Å². The molecule has 1 aromatic carbocycles. The lowest BCUT2D eigenvalue weighted by Crippen LogP contribution is -2.35. The van der Waals surface area contributed by atoms with Crippen LogP contribution in [0.4, 0.5) is 5.69 Å². The van der Waals surface area contributed by atoms with E-state index < -0.39 is 0 Å². The van der Waals surface area contributed by atoms with Crippen LogP contribution in [0, 0.1) is 0 Å². The summed E-state index contributed by atoms with van der Waals surface area (Å²) in [5, 5.41) is 3.23. The normalized spacial score (nSPS) is 10.4. The van der Waals surface area contributed by atoms with E-state index in [4.69, 9.17) is 9.47 Å². The first-order valence-electron chi connectivity index (χ1n) is 7.34. The van der Waals surface area contributed by atoms with E-state index in [9.17, 15) is 4.79 Å². The summed E-state index contributed by atoms with van der Waals surface area (Å²) in [6.07, 6.45) is 0.815. The van der Waals surface area contributed by atoms with Crippen molar-refractivity contribution in [3.8, 4) is 0 Å². The SMILES string of the molecule is CCNc1ccccc1C(=O)N(CCCOC)CCOC. The van der Waals surface area contributed by atoms with Crippen LogP contribution < -0.4 is 5.32 Å². The van der Waals surface area contributed by atoms with E-state index in [-0.39, 0.29) is 5.91 Å². The molecule has 0 aliphatic heterocycles. The molecule has 0 atom stereocenters. The molecule has 0 unspecified atom stereocenters. The molecule has 0 spiro atoms. The number of benzene rings is 1. The molecule has 1 amide bonds. The van der Waals surface area contributed by atoms with Crippen molar-refractivity contribution in [1.29, 1.82) is 0 Å². The molecular weight excluding hydrogens is 268 g/mol. The van der Waals surface area contributed by atoms with Crippen molar-refractivity contribution >= 4 is 11.6 Å². The number of hydrogen-bond donors (Lipinski definition) is 1. The third-order valence-corrected chi connectivity index (χ3v) is 3.15. The largest absolute Gasteiger partial charge is 0.385 e. The van der Waals surface area contributed by atoms with Crippen molar-refractivity contribution < 1.29 is 14.3 Å². The highest BCUT2D eigenvalue weighted by Crippen LogP contribution is 2.17. The van der Waals surface area contributed by atoms with Gasteiger partial charge in [-0.2, -0.15) is 0 Å². The van der Waals surface area contributed by atoms with Crippen LogP contribution in [0.3, 0.4) is 0 Å². The molecule has 0 saturated carbocycles. The van der Waals surface area contributed by atoms with Crippen molar-refractivity contribution in [3.63, 3.8) is 0 Å². The first-order chi connectivity index (χ1) is 10.2. The van der Waals surface area contributed by atoms with E-state index >= 15 is 0 Å². The van der Waals surface area contributed by atoms with E-state index in [2.05, 4.69) is 5.32 Å². The number of anilines is 1. The number of hydrogen-bond acceptors (Lipinski definition) is 4. The number of para-hydroxylation sites is 1. The zero-order chi connectivity index (χ0) is 15.5. The second-order valence-corrected chi connectivity index (χ2v) is 4.71. The third kappa shape index (κ3) is 5.73. The number of ether oxygens (including phenoxy) is 2. The number of methoxy groups -OCH3 is 2. The van der Waals surface area contributed by atoms with Gasteiger partial charge in [0.2, 0.25) is 0 Å². The van der Waals surface area contributed by atoms with Crippen molar-refractivity contribution in [3.05, 3.63) is 29.8 Å². The first kappa shape index (κ1) is 17.5. The molecular formula is C16H26N2O3. The molecule has 5 heteroatoms. The molecule has 0 radical (unpaired) electrons. The summed E-state index contributed by atoms with van der Waals surface area (Å²) in [7, 11) is 3.31. The lowest BCUT2D eigenvalue weighted by atomic mass is 10.1. The minimum Gasteiger partial charge on any atom is -0.385 e. The van der Waals surface area contributed by atoms with Gasteiger partial charge in [-0.05, 0) is 25.5 Å². The predicted molar refractivity (Wildman–Crippen MR) is 84.9 cm³/mol. The standard InChI is InChI=1S/C16H26N2O3/c1-4-17-15-9-6-5-8-14(15)16(19)18(11-13-21-3)10-7-12-20-2/h5-6,8-9,17H,4,7,10-13H2,1-3H3. The second kappa shape index (κ2) is 10.2. The van der Waals surface area contributed by atoms with Crippen LogP contribution in [0.1, 0.15) is 23.7 Å². The fourth-order valence-electron chi connectivity index (χ4n) is 2.10. The maximum Gasteiger partial charge on any atom is 0.256 e. The van der Waals surface area contributed by atoms with Crippen LogP contribution in [0.25, 0.3) is 0 Å². The van der Waals surface area contributed by atoms with Crippen molar-refractivity contribution in [1.82, 2.24) is 4.90 Å². The van der Waals surface area contributed by atoms with Gasteiger partial charge in [-0.1, -0.05) is 12.1 Å². The Bertz CT molecular complexity index is 424. The van der Waals surface area contributed by atoms with Crippen molar-refractivity contribution in [2.45, 2.75) is 13.3 Å². The molecule has 0 bridgehead atoms. The van der Waals surface area contributed by atoms with Crippen LogP contribution >= 0.6 is 0 Å². The van der Waals surface area contributed by atoms with Crippen LogP contribution in [0.5, 0.6) is 0 Å². The number of carbonyl (C=O) groups excluding carboxylic acids is 1. The Balaban J connectivity index is 2.82. The summed E-state index contributed by atoms with van der Waals surface area (Å²) >= 11 is 0. The summed E-state index contributed by atoms with van der Waals surface area (Å²) in [6, 6.07) is 7.60. The molecule has 118 valence electrons. The molecule has 0 heterocycles. The Morgan fingerprint density at radius 1 is 1.14 bits per heavy atom. The van der Waals surface area contributed by atoms with Gasteiger partial charge < -0.3 is 19.7 Å². The highest BCUT2D eigenvalue weighted by molar-refractivity contribution is 5.99. The summed E-state index contributed by atoms with van der Waals surface area (Å²) in [6.45, 7) is 5.22. The number of amides is 1. The van der Waals surface area contributed by atoms with Gasteiger partial charge in [0.25, 0.3) is 5.91 Å². The Labute approximate surface area is 127 Å². The zero-order valence-electron chi connectivity index (χ0n) is 13.2. The maximum absolute atomic E-state index is 12.7. The lowest BCUT2D eigenvalue weighted by Gasteiger charge is -2.23. The quantitative estimate of drug-likeness (QED) is 0.672. The average Bonchev–Trinajstić information content (AvgIpc) is 2.51. The summed E-state index contributed by atoms with van der Waals surface area (Å²) in [5.74, 6) is 0.0275. The minimum atomic E-state index is 0.0275. The Morgan fingerprint density at radius 2 is 1.86 bits per heavy atom. The Kier molecular flexibility index (Phi) is 8.47. The van der Waals surface area contributed by atoms with E-state index in [1.165, 1.54) is 0 Å². The molecule has 0 aliphatic carbocycles. The number of carbonyl (C=O) groups is 1. The zero-order valence-corrected chi connectivity index (χ0v) is 13.2. The highest BCUT2D eigenvalue weighted by atomic mass is 16.5. The van der Waals surface area contributed by atoms with Crippen LogP contribution in [-0.4, -0.2) is 57.9 Å². The monoisotopic (exact) mass is 294 g/mol. The summed E-state index contributed by atoms with van der Waals surface area (Å²) in [4.78, 5) is 14.5. The molecule has 21 heavy (non-hydrogen) atoms. The van der Waals surface area contributed by atoms with E-state index in [0.29, 0.717) is 31.9 Å². The lowest BCUT2D eigenvalue weighted by molar-refractivity contribution is 0.0675. The average molecular weight is 294 g/mol. The molecule has 1 aromatic rings. The Hall–Kier alpha value is -1.59. The predicted octanol–water partition coefficient (Wildman–Crippen LogP) is 2.24. The molecule has 0 saturated heterocycles. The smallest absolute Gasteiger partial charge is 0.256 e. The second-order valence-electron chi connectivity index (χ2n) is 4.71. The van der Waals surface area contributed by atoms with Crippen LogP contribution in [0.15, 0.2) is 24.3 Å². The fourth-order valence-corrected chi connectivity index (χ4v) is 2.10. The molecule has 1 N–H and O–H groups in total. The van der Waals surface area contributed by atoms with E-state index in [1.807, 2.05) is 36.1 Å². The van der Waals surface area contributed by atoms with Gasteiger partial charge in [0, 0.05) is 46.1 Å². The maximum atomic E-state index is 12.7. The molecule has 1 rings (SSSR count). The molecule has 0 aliphatic rings. The number of nitrogens with zero attached hydrogens (tertiary/aromatic N) is 1. The van der Waals surface area contributed by atoms with E-state index in [0.717, 1.165) is 18.7 Å². The fraction of sp³-hybridized carbons (Fsp3) is 0.562. The minimum absolute atomic E-state index is 0.0275. The van der Waals surface area contributed by atoms with Gasteiger partial charge >= 0.3 is 0 Å². The van der Waals surface area contributed by atoms with Crippen molar-refractivity contribution in [2.75, 3.05) is 52.4 Å². The molecule has 0 fully saturated rings. The number of nitrogens with one attached hydrogen (secondary N) is 1. The van der Waals surface area contributed by atoms with Crippen molar-refractivity contribution in [2.24, 2.45) is 0 Å². The van der Waals surface area contributed by atoms with Crippen LogP contribution in [-0.2, 0) is 9.47 Å². The van der Waals surface area contributed by atoms with Gasteiger partial charge in [0.1, 0.15) is 0 Å². The summed E-state index contributed by atoms with van der Waals surface area (Å²) < 4.78 is 10.2. The van der Waals surface area contributed by atoms with Gasteiger partial charge in [-0.25, -0.2) is 0 Å². The Morgan fingerprint density at radius 3 is 2.52 bits per heavy atom. The van der Waals surface area contributed by atoms with Gasteiger partial charge in [0.05, 0.1) is 12.2 Å². The van der Waals surface area contributed by atoms with Gasteiger partial charge in [0.15, 0.2) is 0 Å². The van der Waals surface area contributed by atoms with Gasteiger partial charge in [-0.3, -0.25) is 4.79 Å². The third-order valence-electron chi connectivity index (χ3n) is 3.15. The summed E-state index contributed by atoms with van der Waals surface area (Å²) in [5.41, 5.74) is 1.58. The van der Waals surface area contributed by atoms with Gasteiger partial charge in [-0.15, -0.1) is 0 Å². The first-order valence-corrected chi connectivity index (χ1v) is 7.34.